The molecule has 0 spiro atoms. The van der Waals surface area contributed by atoms with Gasteiger partial charge in [-0.05, 0) is 69.2 Å². The van der Waals surface area contributed by atoms with Crippen molar-refractivity contribution in [1.29, 1.82) is 0 Å². The maximum absolute atomic E-state index is 13.3. The summed E-state index contributed by atoms with van der Waals surface area (Å²) in [5, 5.41) is 14.1. The number of aromatic nitrogens is 2. The van der Waals surface area contributed by atoms with Crippen LogP contribution in [0.5, 0.6) is 0 Å². The fraction of sp³-hybridized carbons (Fsp3) is 0.435. The molecule has 1 heterocycles. The molecule has 1 fully saturated rings. The lowest BCUT2D eigenvalue weighted by molar-refractivity contribution is -0.123. The van der Waals surface area contributed by atoms with Crippen LogP contribution >= 0.6 is 0 Å². The van der Waals surface area contributed by atoms with Crippen LogP contribution in [0.3, 0.4) is 0 Å². The van der Waals surface area contributed by atoms with E-state index in [0.717, 1.165) is 31.2 Å². The van der Waals surface area contributed by atoms with E-state index >= 15 is 0 Å². The highest BCUT2D eigenvalue weighted by Gasteiger charge is 2.33. The van der Waals surface area contributed by atoms with Crippen molar-refractivity contribution >= 4 is 30.0 Å². The van der Waals surface area contributed by atoms with Gasteiger partial charge in [0.2, 0.25) is 5.91 Å². The fourth-order valence-corrected chi connectivity index (χ4v) is 3.83. The van der Waals surface area contributed by atoms with Crippen LogP contribution in [0.1, 0.15) is 62.4 Å². The summed E-state index contributed by atoms with van der Waals surface area (Å²) in [7, 11) is 0. The minimum atomic E-state index is -1.14. The van der Waals surface area contributed by atoms with Crippen molar-refractivity contribution < 1.29 is 19.1 Å². The molecule has 160 valence electrons. The molecule has 0 unspecified atom stereocenters. The molecule has 6 nitrogen and oxygen atoms in total. The third kappa shape index (κ3) is 4.96. The molecule has 30 heavy (non-hydrogen) atoms. The monoisotopic (exact) mass is 413 g/mol. The van der Waals surface area contributed by atoms with Crippen LogP contribution in [0.25, 0.3) is 12.3 Å². The summed E-state index contributed by atoms with van der Waals surface area (Å²) in [4.78, 5) is 26.7. The molecule has 1 saturated carbocycles. The Morgan fingerprint density at radius 1 is 1.20 bits per heavy atom. The second kappa shape index (κ2) is 9.24. The predicted octanol–water partition coefficient (Wildman–Crippen LogP) is 4.92. The van der Waals surface area contributed by atoms with Crippen molar-refractivity contribution in [3.63, 3.8) is 0 Å². The SMILES string of the molecule is CC(C)N(c1nn(/C=C/c2ccc(F)cc2)cc1C(=O)O)C(=O)[C@H]1CC[C@H](C)CC1. The highest BCUT2D eigenvalue weighted by atomic mass is 19.1. The highest BCUT2D eigenvalue weighted by Crippen LogP contribution is 2.32. The van der Waals surface area contributed by atoms with Gasteiger partial charge >= 0.3 is 5.97 Å². The summed E-state index contributed by atoms with van der Waals surface area (Å²) < 4.78 is 14.4. The lowest BCUT2D eigenvalue weighted by Crippen LogP contribution is -2.43. The van der Waals surface area contributed by atoms with E-state index in [1.165, 1.54) is 27.9 Å². The summed E-state index contributed by atoms with van der Waals surface area (Å²) in [6, 6.07) is 5.70. The first-order valence-corrected chi connectivity index (χ1v) is 10.4. The van der Waals surface area contributed by atoms with E-state index in [1.54, 1.807) is 24.4 Å². The summed E-state index contributed by atoms with van der Waals surface area (Å²) in [5.41, 5.74) is 0.725. The molecule has 1 aliphatic rings. The van der Waals surface area contributed by atoms with E-state index < -0.39 is 5.97 Å². The molecule has 0 atom stereocenters. The molecule has 0 radical (unpaired) electrons. The van der Waals surface area contributed by atoms with Crippen LogP contribution in [0.15, 0.2) is 30.5 Å². The van der Waals surface area contributed by atoms with E-state index in [9.17, 15) is 19.1 Å². The largest absolute Gasteiger partial charge is 0.477 e. The fourth-order valence-electron chi connectivity index (χ4n) is 3.83. The maximum atomic E-state index is 13.3. The maximum Gasteiger partial charge on any atom is 0.341 e. The number of benzene rings is 1. The van der Waals surface area contributed by atoms with Gasteiger partial charge < -0.3 is 5.11 Å². The first-order chi connectivity index (χ1) is 14.3. The summed E-state index contributed by atoms with van der Waals surface area (Å²) in [6.45, 7) is 5.92. The molecule has 0 saturated heterocycles. The summed E-state index contributed by atoms with van der Waals surface area (Å²) in [6.07, 6.45) is 8.32. The minimum Gasteiger partial charge on any atom is -0.477 e. The number of anilines is 1. The molecule has 1 N–H and O–H groups in total. The zero-order valence-electron chi connectivity index (χ0n) is 17.6. The van der Waals surface area contributed by atoms with Crippen LogP contribution in [0.2, 0.25) is 0 Å². The number of hydrogen-bond donors (Lipinski definition) is 1. The van der Waals surface area contributed by atoms with Gasteiger partial charge in [0, 0.05) is 24.4 Å². The number of halogens is 1. The molecule has 3 rings (SSSR count). The van der Waals surface area contributed by atoms with Crippen molar-refractivity contribution in [1.82, 2.24) is 9.78 Å². The second-order valence-corrected chi connectivity index (χ2v) is 8.28. The number of aromatic carboxylic acids is 1. The summed E-state index contributed by atoms with van der Waals surface area (Å²) in [5.74, 6) is -0.860. The van der Waals surface area contributed by atoms with Crippen LogP contribution < -0.4 is 4.90 Å². The van der Waals surface area contributed by atoms with Crippen molar-refractivity contribution in [2.24, 2.45) is 11.8 Å². The van der Waals surface area contributed by atoms with E-state index in [-0.39, 0.29) is 35.1 Å². The molecule has 1 amide bonds. The Morgan fingerprint density at radius 3 is 2.40 bits per heavy atom. The lowest BCUT2D eigenvalue weighted by Gasteiger charge is -2.32. The Kier molecular flexibility index (Phi) is 6.70. The van der Waals surface area contributed by atoms with Gasteiger partial charge in [0.1, 0.15) is 11.4 Å². The zero-order chi connectivity index (χ0) is 21.8. The third-order valence-corrected chi connectivity index (χ3v) is 5.58. The van der Waals surface area contributed by atoms with Gasteiger partial charge in [-0.1, -0.05) is 19.1 Å². The second-order valence-electron chi connectivity index (χ2n) is 8.28. The molecular formula is C23H28FN3O3. The van der Waals surface area contributed by atoms with Crippen LogP contribution in [-0.2, 0) is 4.79 Å². The zero-order valence-corrected chi connectivity index (χ0v) is 17.6. The number of carboxylic acid groups (broad SMARTS) is 1. The molecule has 7 heteroatoms. The van der Waals surface area contributed by atoms with Gasteiger partial charge in [-0.2, -0.15) is 0 Å². The average Bonchev–Trinajstić information content (AvgIpc) is 3.12. The molecule has 2 aromatic rings. The average molecular weight is 413 g/mol. The Morgan fingerprint density at radius 2 is 1.83 bits per heavy atom. The number of rotatable bonds is 6. The van der Waals surface area contributed by atoms with E-state index in [1.807, 2.05) is 13.8 Å². The van der Waals surface area contributed by atoms with Crippen molar-refractivity contribution in [2.45, 2.75) is 52.5 Å². The van der Waals surface area contributed by atoms with Gasteiger partial charge in [-0.25, -0.2) is 13.9 Å². The molecule has 1 aliphatic carbocycles. The lowest BCUT2D eigenvalue weighted by atomic mass is 9.82. The number of amides is 1. The minimum absolute atomic E-state index is 0.0232. The highest BCUT2D eigenvalue weighted by molar-refractivity contribution is 6.01. The molecule has 0 aliphatic heterocycles. The van der Waals surface area contributed by atoms with Gasteiger partial charge in [0.25, 0.3) is 0 Å². The Labute approximate surface area is 176 Å². The smallest absolute Gasteiger partial charge is 0.341 e. The number of carboxylic acids is 1. The van der Waals surface area contributed by atoms with Crippen molar-refractivity contribution in [3.05, 3.63) is 47.4 Å². The third-order valence-electron chi connectivity index (χ3n) is 5.58. The van der Waals surface area contributed by atoms with Gasteiger partial charge in [0.15, 0.2) is 5.82 Å². The van der Waals surface area contributed by atoms with Crippen LogP contribution in [-0.4, -0.2) is 32.8 Å². The standard InChI is InChI=1S/C23H28FN3O3/c1-15(2)27(22(28)18-8-4-16(3)5-9-18)21-20(23(29)30)14-26(25-21)13-12-17-6-10-19(24)11-7-17/h6-7,10-16,18H,4-5,8-9H2,1-3H3,(H,29,30)/b13-12+/t16-,18-. The van der Waals surface area contributed by atoms with Crippen LogP contribution in [0.4, 0.5) is 10.2 Å². The van der Waals surface area contributed by atoms with Gasteiger partial charge in [0.05, 0.1) is 0 Å². The Hall–Kier alpha value is -2.96. The van der Waals surface area contributed by atoms with Crippen molar-refractivity contribution in [2.75, 3.05) is 4.90 Å². The van der Waals surface area contributed by atoms with E-state index in [4.69, 9.17) is 0 Å². The number of nitrogens with zero attached hydrogens (tertiary/aromatic N) is 3. The molecular weight excluding hydrogens is 385 g/mol. The molecule has 1 aromatic carbocycles. The normalized spacial score (nSPS) is 19.4. The van der Waals surface area contributed by atoms with E-state index in [0.29, 0.717) is 5.92 Å². The van der Waals surface area contributed by atoms with Crippen LogP contribution in [0, 0.1) is 17.7 Å². The summed E-state index contributed by atoms with van der Waals surface area (Å²) >= 11 is 0. The topological polar surface area (TPSA) is 75.4 Å². The van der Waals surface area contributed by atoms with Gasteiger partial charge in [-0.15, -0.1) is 5.10 Å². The van der Waals surface area contributed by atoms with Crippen molar-refractivity contribution in [3.8, 4) is 0 Å². The Balaban J connectivity index is 1.90. The number of hydrogen-bond acceptors (Lipinski definition) is 3. The van der Waals surface area contributed by atoms with Gasteiger partial charge in [-0.3, -0.25) is 9.69 Å². The predicted molar refractivity (Wildman–Crippen MR) is 115 cm³/mol. The Bertz CT molecular complexity index is 926. The first-order valence-electron chi connectivity index (χ1n) is 10.4. The molecule has 0 bridgehead atoms. The number of carbonyl (C=O) groups is 2. The van der Waals surface area contributed by atoms with E-state index in [2.05, 4.69) is 12.0 Å². The quantitative estimate of drug-likeness (QED) is 0.730. The number of carbonyl (C=O) groups excluding carboxylic acids is 1. The first kappa shape index (κ1) is 21.7. The molecule has 1 aromatic heterocycles.